The van der Waals surface area contributed by atoms with Gasteiger partial charge in [-0.1, -0.05) is 52.8 Å². The highest BCUT2D eigenvalue weighted by Gasteiger charge is 2.17. The zero-order valence-electron chi connectivity index (χ0n) is 13.1. The van der Waals surface area contributed by atoms with Crippen LogP contribution in [0.25, 0.3) is 0 Å². The molecule has 0 aliphatic rings. The number of aliphatic hydroxyl groups is 1. The number of hydrogen-bond donors (Lipinski definition) is 1. The third-order valence-electron chi connectivity index (χ3n) is 3.19. The predicted octanol–water partition coefficient (Wildman–Crippen LogP) is 4.25. The van der Waals surface area contributed by atoms with Crippen molar-refractivity contribution >= 4 is 5.69 Å². The van der Waals surface area contributed by atoms with E-state index in [1.165, 1.54) is 5.69 Å². The molecule has 2 heteroatoms. The van der Waals surface area contributed by atoms with Crippen molar-refractivity contribution in [1.82, 2.24) is 0 Å². The van der Waals surface area contributed by atoms with Gasteiger partial charge in [0.15, 0.2) is 0 Å². The monoisotopic (exact) mass is 263 g/mol. The predicted molar refractivity (Wildman–Crippen MR) is 83.6 cm³/mol. The van der Waals surface area contributed by atoms with Crippen LogP contribution in [0.5, 0.6) is 0 Å². The average Bonchev–Trinajstić information content (AvgIpc) is 2.36. The highest BCUT2D eigenvalue weighted by atomic mass is 16.3. The quantitative estimate of drug-likeness (QED) is 0.795. The first-order valence-corrected chi connectivity index (χ1v) is 7.47. The van der Waals surface area contributed by atoms with Crippen LogP contribution in [0.2, 0.25) is 0 Å². The summed E-state index contributed by atoms with van der Waals surface area (Å²) in [5, 5.41) is 10.2. The van der Waals surface area contributed by atoms with Gasteiger partial charge in [-0.05, 0) is 24.3 Å². The van der Waals surface area contributed by atoms with Crippen molar-refractivity contribution in [2.24, 2.45) is 11.8 Å². The molecule has 1 N–H and O–H groups in total. The topological polar surface area (TPSA) is 23.5 Å². The third-order valence-corrected chi connectivity index (χ3v) is 3.19. The fraction of sp³-hybridized carbons (Fsp3) is 0.647. The van der Waals surface area contributed by atoms with Crippen molar-refractivity contribution < 1.29 is 5.11 Å². The van der Waals surface area contributed by atoms with E-state index in [0.717, 1.165) is 25.1 Å². The first-order valence-electron chi connectivity index (χ1n) is 7.47. The molecule has 0 aromatic heterocycles. The first-order chi connectivity index (χ1) is 8.95. The summed E-state index contributed by atoms with van der Waals surface area (Å²) in [6, 6.07) is 8.27. The zero-order chi connectivity index (χ0) is 14.4. The summed E-state index contributed by atoms with van der Waals surface area (Å²) in [5.74, 6) is 1.23. The van der Waals surface area contributed by atoms with Gasteiger partial charge in [0, 0.05) is 24.3 Å². The van der Waals surface area contributed by atoms with Crippen LogP contribution >= 0.6 is 0 Å². The van der Waals surface area contributed by atoms with Gasteiger partial charge >= 0.3 is 0 Å². The maximum absolute atomic E-state index is 10.2. The molecule has 0 fully saturated rings. The molecule has 1 aromatic rings. The fourth-order valence-corrected chi connectivity index (χ4v) is 2.43. The van der Waals surface area contributed by atoms with Crippen LogP contribution in [-0.2, 0) is 0 Å². The lowest BCUT2D eigenvalue weighted by molar-refractivity contribution is 0.174. The van der Waals surface area contributed by atoms with Crippen LogP contribution in [0.4, 0.5) is 5.69 Å². The molecule has 0 radical (unpaired) electrons. The van der Waals surface area contributed by atoms with E-state index >= 15 is 0 Å². The Morgan fingerprint density at radius 1 is 1.00 bits per heavy atom. The summed E-state index contributed by atoms with van der Waals surface area (Å²) in [5.41, 5.74) is 2.26. The van der Waals surface area contributed by atoms with Crippen molar-refractivity contribution in [3.63, 3.8) is 0 Å². The number of nitrogens with zero attached hydrogens (tertiary/aromatic N) is 1. The number of benzene rings is 1. The summed E-state index contributed by atoms with van der Waals surface area (Å²) in [4.78, 5) is 2.42. The van der Waals surface area contributed by atoms with Crippen LogP contribution in [0.1, 0.15) is 52.7 Å². The normalized spacial score (nSPS) is 13.1. The van der Waals surface area contributed by atoms with E-state index in [1.54, 1.807) is 0 Å². The van der Waals surface area contributed by atoms with E-state index in [2.05, 4.69) is 50.8 Å². The molecule has 0 aliphatic heterocycles. The van der Waals surface area contributed by atoms with E-state index in [1.807, 2.05) is 13.0 Å². The highest BCUT2D eigenvalue weighted by Crippen LogP contribution is 2.29. The molecule has 0 amide bonds. The standard InChI is InChI=1S/C17H29NO/c1-6-17(19)15-9-7-8-10-16(15)18(11-13(2)3)12-14(4)5/h7-10,13-14,17,19H,6,11-12H2,1-5H3/t17-/m1/s1. The minimum Gasteiger partial charge on any atom is -0.388 e. The summed E-state index contributed by atoms with van der Waals surface area (Å²) < 4.78 is 0. The van der Waals surface area contributed by atoms with Gasteiger partial charge in [-0.25, -0.2) is 0 Å². The maximum Gasteiger partial charge on any atom is 0.0807 e. The van der Waals surface area contributed by atoms with Crippen molar-refractivity contribution in [1.29, 1.82) is 0 Å². The van der Waals surface area contributed by atoms with Gasteiger partial charge in [0.2, 0.25) is 0 Å². The molecule has 1 rings (SSSR count). The molecule has 0 heterocycles. The summed E-state index contributed by atoms with van der Waals surface area (Å²) in [7, 11) is 0. The number of anilines is 1. The Morgan fingerprint density at radius 3 is 2.00 bits per heavy atom. The van der Waals surface area contributed by atoms with Crippen LogP contribution in [0.15, 0.2) is 24.3 Å². The molecule has 1 atom stereocenters. The van der Waals surface area contributed by atoms with E-state index < -0.39 is 0 Å². The minimum absolute atomic E-state index is 0.363. The molecule has 108 valence electrons. The van der Waals surface area contributed by atoms with Gasteiger partial charge < -0.3 is 10.0 Å². The largest absolute Gasteiger partial charge is 0.388 e. The minimum atomic E-state index is -0.363. The molecule has 19 heavy (non-hydrogen) atoms. The van der Waals surface area contributed by atoms with Crippen LogP contribution in [0.3, 0.4) is 0 Å². The molecule has 0 spiro atoms. The molecular formula is C17H29NO. The second kappa shape index (κ2) is 7.54. The fourth-order valence-electron chi connectivity index (χ4n) is 2.43. The van der Waals surface area contributed by atoms with Gasteiger partial charge in [0.05, 0.1) is 6.10 Å². The lowest BCUT2D eigenvalue weighted by Crippen LogP contribution is -2.32. The molecule has 0 saturated heterocycles. The van der Waals surface area contributed by atoms with E-state index in [9.17, 15) is 5.11 Å². The SMILES string of the molecule is CC[C@@H](O)c1ccccc1N(CC(C)C)CC(C)C. The number of rotatable bonds is 7. The Hall–Kier alpha value is -1.02. The lowest BCUT2D eigenvalue weighted by Gasteiger charge is -2.31. The maximum atomic E-state index is 10.2. The highest BCUT2D eigenvalue weighted by molar-refractivity contribution is 5.54. The average molecular weight is 263 g/mol. The number of para-hydroxylation sites is 1. The van der Waals surface area contributed by atoms with Crippen molar-refractivity contribution in [3.8, 4) is 0 Å². The Morgan fingerprint density at radius 2 is 1.53 bits per heavy atom. The van der Waals surface area contributed by atoms with Gasteiger partial charge in [0.25, 0.3) is 0 Å². The smallest absolute Gasteiger partial charge is 0.0807 e. The molecular weight excluding hydrogens is 234 g/mol. The Bertz CT molecular complexity index is 363. The third kappa shape index (κ3) is 4.87. The van der Waals surface area contributed by atoms with Crippen LogP contribution in [-0.4, -0.2) is 18.2 Å². The summed E-state index contributed by atoms with van der Waals surface area (Å²) in [6.07, 6.45) is 0.395. The molecule has 0 saturated carbocycles. The van der Waals surface area contributed by atoms with E-state index in [-0.39, 0.29) is 6.10 Å². The number of aliphatic hydroxyl groups excluding tert-OH is 1. The van der Waals surface area contributed by atoms with Gasteiger partial charge in [-0.2, -0.15) is 0 Å². The summed E-state index contributed by atoms with van der Waals surface area (Å²) >= 11 is 0. The van der Waals surface area contributed by atoms with Gasteiger partial charge in [-0.15, -0.1) is 0 Å². The van der Waals surface area contributed by atoms with Gasteiger partial charge in [0.1, 0.15) is 0 Å². The van der Waals surface area contributed by atoms with Gasteiger partial charge in [-0.3, -0.25) is 0 Å². The van der Waals surface area contributed by atoms with E-state index in [0.29, 0.717) is 11.8 Å². The molecule has 2 nitrogen and oxygen atoms in total. The van der Waals surface area contributed by atoms with Crippen molar-refractivity contribution in [3.05, 3.63) is 29.8 Å². The Labute approximate surface area is 118 Å². The molecule has 1 aromatic carbocycles. The summed E-state index contributed by atoms with van der Waals surface area (Å²) in [6.45, 7) is 13.1. The zero-order valence-corrected chi connectivity index (χ0v) is 13.1. The Kier molecular flexibility index (Phi) is 6.36. The lowest BCUT2D eigenvalue weighted by atomic mass is 10.0. The number of hydrogen-bond acceptors (Lipinski definition) is 2. The van der Waals surface area contributed by atoms with Crippen LogP contribution in [0, 0.1) is 11.8 Å². The molecule has 0 aliphatic carbocycles. The Balaban J connectivity index is 3.06. The van der Waals surface area contributed by atoms with E-state index in [4.69, 9.17) is 0 Å². The molecule has 0 bridgehead atoms. The van der Waals surface area contributed by atoms with Crippen molar-refractivity contribution in [2.75, 3.05) is 18.0 Å². The molecule has 0 unspecified atom stereocenters. The second-order valence-corrected chi connectivity index (χ2v) is 6.18. The second-order valence-electron chi connectivity index (χ2n) is 6.18. The first kappa shape index (κ1) is 16.0. The van der Waals surface area contributed by atoms with Crippen molar-refractivity contribution in [2.45, 2.75) is 47.1 Å². The van der Waals surface area contributed by atoms with Crippen LogP contribution < -0.4 is 4.90 Å².